The van der Waals surface area contributed by atoms with Crippen molar-refractivity contribution in [2.75, 3.05) is 6.61 Å². The third-order valence-electron chi connectivity index (χ3n) is 5.00. The second kappa shape index (κ2) is 7.16. The fraction of sp³-hybridized carbons (Fsp3) is 0.750. The molecule has 0 aromatic carbocycles. The average Bonchev–Trinajstić information content (AvgIpc) is 2.91. The second-order valence-corrected chi connectivity index (χ2v) is 12.7. The molecule has 2 rings (SSSR count). The third-order valence-corrected chi connectivity index (χ3v) is 9.13. The number of H-pyrrole nitrogens is 1. The SMILES string of the molecule is Cc1cn([C@H]2C[C@H](OO[Si](C)(C)C(C)(C)C)[C@@H](CO)O2)c(=O)[nH]c1=O. The van der Waals surface area contributed by atoms with Crippen LogP contribution >= 0.6 is 0 Å². The number of nitrogens with zero attached hydrogens (tertiary/aromatic N) is 1. The fourth-order valence-electron chi connectivity index (χ4n) is 2.24. The van der Waals surface area contributed by atoms with Gasteiger partial charge < -0.3 is 9.84 Å². The van der Waals surface area contributed by atoms with Crippen molar-refractivity contribution in [3.05, 3.63) is 32.6 Å². The molecule has 1 aromatic rings. The first-order valence-electron chi connectivity index (χ1n) is 8.39. The Kier molecular flexibility index (Phi) is 5.74. The summed E-state index contributed by atoms with van der Waals surface area (Å²) in [6.07, 6.45) is 0.0631. The van der Waals surface area contributed by atoms with Crippen molar-refractivity contribution in [1.82, 2.24) is 9.55 Å². The van der Waals surface area contributed by atoms with E-state index in [0.29, 0.717) is 12.0 Å². The van der Waals surface area contributed by atoms with Gasteiger partial charge in [-0.3, -0.25) is 18.9 Å². The van der Waals surface area contributed by atoms with Gasteiger partial charge in [-0.1, -0.05) is 20.8 Å². The van der Waals surface area contributed by atoms with Crippen molar-refractivity contribution in [2.24, 2.45) is 0 Å². The van der Waals surface area contributed by atoms with Crippen LogP contribution in [0.3, 0.4) is 0 Å². The van der Waals surface area contributed by atoms with E-state index in [1.165, 1.54) is 10.8 Å². The molecule has 9 heteroatoms. The monoisotopic (exact) mass is 372 g/mol. The Morgan fingerprint density at radius 3 is 2.60 bits per heavy atom. The first-order valence-corrected chi connectivity index (χ1v) is 11.3. The van der Waals surface area contributed by atoms with E-state index in [4.69, 9.17) is 14.2 Å². The Morgan fingerprint density at radius 1 is 1.40 bits per heavy atom. The zero-order valence-electron chi connectivity index (χ0n) is 15.7. The molecule has 2 heterocycles. The molecular formula is C16H28N2O6Si. The summed E-state index contributed by atoms with van der Waals surface area (Å²) in [6, 6.07) is 0. The van der Waals surface area contributed by atoms with Crippen LogP contribution in [0.2, 0.25) is 18.1 Å². The molecule has 1 saturated heterocycles. The predicted molar refractivity (Wildman–Crippen MR) is 94.8 cm³/mol. The summed E-state index contributed by atoms with van der Waals surface area (Å²) in [4.78, 5) is 31.4. The van der Waals surface area contributed by atoms with Gasteiger partial charge >= 0.3 is 5.69 Å². The fourth-order valence-corrected chi connectivity index (χ4v) is 2.86. The summed E-state index contributed by atoms with van der Waals surface area (Å²) in [7, 11) is -2.12. The van der Waals surface area contributed by atoms with Gasteiger partial charge in [-0.15, -0.1) is 0 Å². The number of hydrogen-bond acceptors (Lipinski definition) is 6. The molecule has 3 atom stereocenters. The molecule has 0 spiro atoms. The van der Waals surface area contributed by atoms with Crippen LogP contribution in [0.5, 0.6) is 0 Å². The molecular weight excluding hydrogens is 344 g/mol. The molecule has 0 bridgehead atoms. The van der Waals surface area contributed by atoms with Crippen LogP contribution in [0.25, 0.3) is 0 Å². The van der Waals surface area contributed by atoms with Crippen LogP contribution in [0.1, 0.15) is 39.0 Å². The van der Waals surface area contributed by atoms with Gasteiger partial charge in [-0.25, -0.2) is 9.68 Å². The Labute approximate surface area is 147 Å². The largest absolute Gasteiger partial charge is 0.394 e. The lowest BCUT2D eigenvalue weighted by Crippen LogP contribution is -2.43. The Morgan fingerprint density at radius 2 is 2.04 bits per heavy atom. The first kappa shape index (κ1) is 20.1. The van der Waals surface area contributed by atoms with Crippen LogP contribution < -0.4 is 11.2 Å². The van der Waals surface area contributed by atoms with E-state index >= 15 is 0 Å². The molecule has 1 aromatic heterocycles. The summed E-state index contributed by atoms with van der Waals surface area (Å²) in [5.41, 5.74) is -0.569. The number of aliphatic hydroxyl groups is 1. The lowest BCUT2D eigenvalue weighted by atomic mass is 10.2. The lowest BCUT2D eigenvalue weighted by Gasteiger charge is -2.35. The van der Waals surface area contributed by atoms with Crippen molar-refractivity contribution < 1.29 is 19.3 Å². The number of aryl methyl sites for hydroxylation is 1. The predicted octanol–water partition coefficient (Wildman–Crippen LogP) is 1.45. The molecule has 1 aliphatic rings. The molecule has 142 valence electrons. The van der Waals surface area contributed by atoms with Gasteiger partial charge in [0.2, 0.25) is 8.32 Å². The maximum atomic E-state index is 12.0. The second-order valence-electron chi connectivity index (χ2n) is 8.00. The van der Waals surface area contributed by atoms with Crippen molar-refractivity contribution in [3.8, 4) is 0 Å². The minimum absolute atomic E-state index is 0.0203. The van der Waals surface area contributed by atoms with E-state index in [1.807, 2.05) is 0 Å². The van der Waals surface area contributed by atoms with Crippen LogP contribution in [0, 0.1) is 6.92 Å². The Balaban J connectivity index is 2.14. The highest BCUT2D eigenvalue weighted by molar-refractivity contribution is 6.73. The molecule has 2 N–H and O–H groups in total. The van der Waals surface area contributed by atoms with E-state index in [-0.39, 0.29) is 11.6 Å². The standard InChI is InChI=1S/C16H28N2O6Si/c1-10-8-18(15(21)17-14(10)20)13-7-11(12(9-19)22-13)23-24-25(5,6)16(2,3)4/h8,11-13,19H,7,9H2,1-6H3,(H,17,20,21)/t11-,12+,13+/m0/s1. The number of aromatic amines is 1. The Hall–Kier alpha value is -1.26. The van der Waals surface area contributed by atoms with Gasteiger partial charge in [-0.2, -0.15) is 0 Å². The summed E-state index contributed by atoms with van der Waals surface area (Å²) < 4.78 is 12.8. The summed E-state index contributed by atoms with van der Waals surface area (Å²) in [6.45, 7) is 11.8. The molecule has 0 amide bonds. The zero-order chi connectivity index (χ0) is 19.0. The minimum atomic E-state index is -2.12. The van der Waals surface area contributed by atoms with Gasteiger partial charge in [-0.05, 0) is 25.1 Å². The molecule has 0 saturated carbocycles. The van der Waals surface area contributed by atoms with Crippen molar-refractivity contribution in [2.45, 2.75) is 70.7 Å². The van der Waals surface area contributed by atoms with E-state index in [1.54, 1.807) is 6.92 Å². The maximum Gasteiger partial charge on any atom is 0.330 e. The first-order chi connectivity index (χ1) is 11.5. The van der Waals surface area contributed by atoms with E-state index in [9.17, 15) is 14.7 Å². The highest BCUT2D eigenvalue weighted by atomic mass is 28.4. The van der Waals surface area contributed by atoms with Gasteiger partial charge in [0.05, 0.1) is 6.61 Å². The molecule has 1 fully saturated rings. The van der Waals surface area contributed by atoms with Gasteiger partial charge in [0, 0.05) is 18.2 Å². The smallest absolute Gasteiger partial charge is 0.330 e. The summed E-state index contributed by atoms with van der Waals surface area (Å²) in [5.74, 6) is 0. The van der Waals surface area contributed by atoms with Crippen LogP contribution in [-0.4, -0.2) is 41.8 Å². The van der Waals surface area contributed by atoms with Crippen LogP contribution in [-0.2, 0) is 14.2 Å². The number of aromatic nitrogens is 2. The highest BCUT2D eigenvalue weighted by Gasteiger charge is 2.43. The van der Waals surface area contributed by atoms with Crippen molar-refractivity contribution >= 4 is 8.32 Å². The maximum absolute atomic E-state index is 12.0. The van der Waals surface area contributed by atoms with E-state index < -0.39 is 38.0 Å². The molecule has 8 nitrogen and oxygen atoms in total. The highest BCUT2D eigenvalue weighted by Crippen LogP contribution is 2.38. The molecule has 0 unspecified atom stereocenters. The third kappa shape index (κ3) is 4.29. The minimum Gasteiger partial charge on any atom is -0.394 e. The summed E-state index contributed by atoms with van der Waals surface area (Å²) >= 11 is 0. The molecule has 25 heavy (non-hydrogen) atoms. The van der Waals surface area contributed by atoms with Crippen LogP contribution in [0.4, 0.5) is 0 Å². The number of hydrogen-bond donors (Lipinski definition) is 2. The number of rotatable bonds is 5. The number of nitrogens with one attached hydrogen (secondary N) is 1. The van der Waals surface area contributed by atoms with Gasteiger partial charge in [0.15, 0.2) is 0 Å². The van der Waals surface area contributed by atoms with E-state index in [0.717, 1.165) is 0 Å². The molecule has 1 aliphatic heterocycles. The Bertz CT molecular complexity index is 721. The van der Waals surface area contributed by atoms with Crippen LogP contribution in [0.15, 0.2) is 15.8 Å². The average molecular weight is 372 g/mol. The number of ether oxygens (including phenoxy) is 1. The normalized spacial score (nSPS) is 24.7. The molecule has 0 radical (unpaired) electrons. The lowest BCUT2D eigenvalue weighted by molar-refractivity contribution is -0.268. The topological polar surface area (TPSA) is 103 Å². The van der Waals surface area contributed by atoms with Crippen molar-refractivity contribution in [3.63, 3.8) is 0 Å². The van der Waals surface area contributed by atoms with Gasteiger partial charge in [0.25, 0.3) is 5.56 Å². The zero-order valence-corrected chi connectivity index (χ0v) is 16.7. The van der Waals surface area contributed by atoms with Crippen molar-refractivity contribution in [1.29, 1.82) is 0 Å². The van der Waals surface area contributed by atoms with E-state index in [2.05, 4.69) is 38.8 Å². The summed E-state index contributed by atoms with van der Waals surface area (Å²) in [5, 5.41) is 9.54. The number of aliphatic hydroxyl groups excluding tert-OH is 1. The van der Waals surface area contributed by atoms with Gasteiger partial charge in [0.1, 0.15) is 18.4 Å². The molecule has 0 aliphatic carbocycles. The quantitative estimate of drug-likeness (QED) is 0.461.